The lowest BCUT2D eigenvalue weighted by molar-refractivity contribution is 0.0939. The molecule has 0 aliphatic rings. The molecule has 1 aromatic heterocycles. The number of rotatable bonds is 3. The number of carbonyl (C=O) groups is 1. The van der Waals surface area contributed by atoms with Gasteiger partial charge in [0.15, 0.2) is 0 Å². The van der Waals surface area contributed by atoms with Gasteiger partial charge in [0.05, 0.1) is 6.04 Å². The van der Waals surface area contributed by atoms with E-state index in [0.29, 0.717) is 11.3 Å². The molecule has 1 amide bonds. The minimum absolute atomic E-state index is 0.160. The van der Waals surface area contributed by atoms with E-state index in [1.807, 2.05) is 19.1 Å². The highest BCUT2D eigenvalue weighted by molar-refractivity contribution is 5.94. The minimum Gasteiger partial charge on any atom is -0.399 e. The van der Waals surface area contributed by atoms with Crippen molar-refractivity contribution in [3.05, 3.63) is 64.1 Å². The van der Waals surface area contributed by atoms with Crippen LogP contribution in [0.15, 0.2) is 47.4 Å². The molecule has 0 fully saturated rings. The van der Waals surface area contributed by atoms with E-state index in [1.54, 1.807) is 18.2 Å². The van der Waals surface area contributed by atoms with E-state index in [1.165, 1.54) is 12.3 Å². The third-order valence-corrected chi connectivity index (χ3v) is 2.82. The number of H-pyrrole nitrogens is 1. The number of hydrogen-bond acceptors (Lipinski definition) is 3. The van der Waals surface area contributed by atoms with E-state index in [0.717, 1.165) is 5.56 Å². The molecule has 0 saturated carbocycles. The molecule has 4 N–H and O–H groups in total. The topological polar surface area (TPSA) is 88.0 Å². The lowest BCUT2D eigenvalue weighted by Gasteiger charge is -2.14. The SMILES string of the molecule is CC(NC(=O)c1cc[nH]c(=O)c1)c1ccc(N)cc1. The van der Waals surface area contributed by atoms with Crippen molar-refractivity contribution in [3.8, 4) is 0 Å². The number of aromatic nitrogens is 1. The van der Waals surface area contributed by atoms with Gasteiger partial charge in [-0.05, 0) is 30.7 Å². The summed E-state index contributed by atoms with van der Waals surface area (Å²) in [7, 11) is 0. The van der Waals surface area contributed by atoms with Crippen molar-refractivity contribution in [3.63, 3.8) is 0 Å². The molecular formula is C14H15N3O2. The normalized spacial score (nSPS) is 11.8. The molecule has 0 aliphatic carbocycles. The third kappa shape index (κ3) is 3.22. The van der Waals surface area contributed by atoms with Crippen molar-refractivity contribution in [1.29, 1.82) is 0 Å². The summed E-state index contributed by atoms with van der Waals surface area (Å²) < 4.78 is 0. The number of amides is 1. The maximum absolute atomic E-state index is 12.0. The summed E-state index contributed by atoms with van der Waals surface area (Å²) in [6, 6.07) is 9.96. The highest BCUT2D eigenvalue weighted by atomic mass is 16.2. The van der Waals surface area contributed by atoms with Gasteiger partial charge in [-0.1, -0.05) is 12.1 Å². The van der Waals surface area contributed by atoms with Crippen LogP contribution >= 0.6 is 0 Å². The van der Waals surface area contributed by atoms with Gasteiger partial charge in [-0.3, -0.25) is 9.59 Å². The largest absolute Gasteiger partial charge is 0.399 e. The third-order valence-electron chi connectivity index (χ3n) is 2.82. The zero-order chi connectivity index (χ0) is 13.8. The van der Waals surface area contributed by atoms with Crippen LogP contribution in [0.2, 0.25) is 0 Å². The van der Waals surface area contributed by atoms with Crippen molar-refractivity contribution in [2.45, 2.75) is 13.0 Å². The van der Waals surface area contributed by atoms with Crippen LogP contribution in [0.25, 0.3) is 0 Å². The van der Waals surface area contributed by atoms with Crippen LogP contribution in [-0.2, 0) is 0 Å². The van der Waals surface area contributed by atoms with Crippen LogP contribution in [0.5, 0.6) is 0 Å². The number of aromatic amines is 1. The standard InChI is InChI=1S/C14H15N3O2/c1-9(10-2-4-12(15)5-3-10)17-14(19)11-6-7-16-13(18)8-11/h2-9H,15H2,1H3,(H,16,18)(H,17,19). The first kappa shape index (κ1) is 12.9. The number of anilines is 1. The molecule has 0 bridgehead atoms. The Morgan fingerprint density at radius 3 is 2.58 bits per heavy atom. The summed E-state index contributed by atoms with van der Waals surface area (Å²) in [5.41, 5.74) is 7.28. The molecular weight excluding hydrogens is 242 g/mol. The summed E-state index contributed by atoms with van der Waals surface area (Å²) in [5, 5.41) is 2.83. The Balaban J connectivity index is 2.10. The number of pyridine rings is 1. The number of nitrogens with one attached hydrogen (secondary N) is 2. The second-order valence-corrected chi connectivity index (χ2v) is 4.30. The average molecular weight is 257 g/mol. The van der Waals surface area contributed by atoms with E-state index in [2.05, 4.69) is 10.3 Å². The average Bonchev–Trinajstić information content (AvgIpc) is 2.39. The number of carbonyl (C=O) groups excluding carboxylic acids is 1. The summed E-state index contributed by atoms with van der Waals surface area (Å²) in [6.07, 6.45) is 1.45. The van der Waals surface area contributed by atoms with Crippen LogP contribution in [0.1, 0.15) is 28.9 Å². The number of nitrogens with two attached hydrogens (primary N) is 1. The van der Waals surface area contributed by atoms with Gasteiger partial charge in [-0.2, -0.15) is 0 Å². The maximum atomic E-state index is 12.0. The molecule has 1 heterocycles. The smallest absolute Gasteiger partial charge is 0.252 e. The molecule has 1 unspecified atom stereocenters. The molecule has 2 rings (SSSR count). The van der Waals surface area contributed by atoms with Crippen LogP contribution in [0, 0.1) is 0 Å². The molecule has 0 aliphatic heterocycles. The fraction of sp³-hybridized carbons (Fsp3) is 0.143. The molecule has 98 valence electrons. The molecule has 0 spiro atoms. The van der Waals surface area contributed by atoms with Crippen LogP contribution in [-0.4, -0.2) is 10.9 Å². The van der Waals surface area contributed by atoms with E-state index < -0.39 is 0 Å². The summed E-state index contributed by atoms with van der Waals surface area (Å²) in [5.74, 6) is -0.282. The highest BCUT2D eigenvalue weighted by Gasteiger charge is 2.11. The molecule has 1 aromatic carbocycles. The second kappa shape index (κ2) is 5.39. The summed E-state index contributed by atoms with van der Waals surface area (Å²) in [6.45, 7) is 1.87. The van der Waals surface area contributed by atoms with Crippen LogP contribution < -0.4 is 16.6 Å². The lowest BCUT2D eigenvalue weighted by atomic mass is 10.1. The minimum atomic E-state index is -0.298. The number of hydrogen-bond donors (Lipinski definition) is 3. The molecule has 5 heteroatoms. The van der Waals surface area contributed by atoms with E-state index in [-0.39, 0.29) is 17.5 Å². The van der Waals surface area contributed by atoms with Crippen molar-refractivity contribution in [2.75, 3.05) is 5.73 Å². The summed E-state index contributed by atoms with van der Waals surface area (Å²) in [4.78, 5) is 25.6. The Morgan fingerprint density at radius 2 is 1.95 bits per heavy atom. The Bertz CT molecular complexity index is 632. The van der Waals surface area contributed by atoms with Crippen LogP contribution in [0.4, 0.5) is 5.69 Å². The predicted molar refractivity (Wildman–Crippen MR) is 73.8 cm³/mol. The first-order chi connectivity index (χ1) is 9.06. The van der Waals surface area contributed by atoms with E-state index in [9.17, 15) is 9.59 Å². The van der Waals surface area contributed by atoms with Gasteiger partial charge in [0.25, 0.3) is 5.91 Å². The Kier molecular flexibility index (Phi) is 3.66. The molecule has 0 saturated heterocycles. The first-order valence-corrected chi connectivity index (χ1v) is 5.91. The van der Waals surface area contributed by atoms with Crippen molar-refractivity contribution >= 4 is 11.6 Å². The van der Waals surface area contributed by atoms with E-state index >= 15 is 0 Å². The first-order valence-electron chi connectivity index (χ1n) is 5.91. The van der Waals surface area contributed by atoms with Crippen molar-refractivity contribution in [2.24, 2.45) is 0 Å². The molecule has 2 aromatic rings. The fourth-order valence-electron chi connectivity index (χ4n) is 1.73. The van der Waals surface area contributed by atoms with Gasteiger partial charge < -0.3 is 16.0 Å². The molecule has 0 radical (unpaired) electrons. The Morgan fingerprint density at radius 1 is 1.26 bits per heavy atom. The molecule has 19 heavy (non-hydrogen) atoms. The summed E-state index contributed by atoms with van der Waals surface area (Å²) >= 11 is 0. The quantitative estimate of drug-likeness (QED) is 0.727. The van der Waals surface area contributed by atoms with Gasteiger partial charge in [-0.25, -0.2) is 0 Å². The van der Waals surface area contributed by atoms with Crippen LogP contribution in [0.3, 0.4) is 0 Å². The lowest BCUT2D eigenvalue weighted by Crippen LogP contribution is -2.27. The monoisotopic (exact) mass is 257 g/mol. The van der Waals surface area contributed by atoms with Gasteiger partial charge in [0, 0.05) is 23.5 Å². The van der Waals surface area contributed by atoms with Gasteiger partial charge >= 0.3 is 0 Å². The molecule has 1 atom stereocenters. The van der Waals surface area contributed by atoms with Gasteiger partial charge in [0.2, 0.25) is 5.56 Å². The Labute approximate surface area is 110 Å². The van der Waals surface area contributed by atoms with Gasteiger partial charge in [0.1, 0.15) is 0 Å². The maximum Gasteiger partial charge on any atom is 0.252 e. The number of benzene rings is 1. The van der Waals surface area contributed by atoms with E-state index in [4.69, 9.17) is 5.73 Å². The Hall–Kier alpha value is -2.56. The van der Waals surface area contributed by atoms with Crippen molar-refractivity contribution in [1.82, 2.24) is 10.3 Å². The second-order valence-electron chi connectivity index (χ2n) is 4.30. The zero-order valence-electron chi connectivity index (χ0n) is 10.5. The highest BCUT2D eigenvalue weighted by Crippen LogP contribution is 2.14. The van der Waals surface area contributed by atoms with Gasteiger partial charge in [-0.15, -0.1) is 0 Å². The zero-order valence-corrected chi connectivity index (χ0v) is 10.5. The fourth-order valence-corrected chi connectivity index (χ4v) is 1.73. The van der Waals surface area contributed by atoms with Crippen molar-refractivity contribution < 1.29 is 4.79 Å². The predicted octanol–water partition coefficient (Wildman–Crippen LogP) is 1.45. The molecule has 5 nitrogen and oxygen atoms in total. The number of nitrogen functional groups attached to an aromatic ring is 1.